The Kier molecular flexibility index (Phi) is 4.21. The predicted molar refractivity (Wildman–Crippen MR) is 102 cm³/mol. The molecule has 1 fully saturated rings. The number of likely N-dealkylation sites (N-methyl/N-ethyl adjacent to an activating group) is 1. The van der Waals surface area contributed by atoms with Crippen LogP contribution in [-0.4, -0.2) is 48.1 Å². The van der Waals surface area contributed by atoms with Crippen molar-refractivity contribution >= 4 is 27.4 Å². The number of anilines is 1. The summed E-state index contributed by atoms with van der Waals surface area (Å²) in [7, 11) is 2.18. The topological polar surface area (TPSA) is 32.3 Å². The summed E-state index contributed by atoms with van der Waals surface area (Å²) in [6.45, 7) is 6.40. The summed E-state index contributed by atoms with van der Waals surface area (Å²) < 4.78 is 0. The molecule has 4 rings (SSSR count). The number of aromatic nitrogens is 2. The first kappa shape index (κ1) is 15.5. The Balaban J connectivity index is 1.84. The third-order valence-corrected chi connectivity index (χ3v) is 5.78. The quantitative estimate of drug-likeness (QED) is 0.729. The molecule has 5 heteroatoms. The lowest BCUT2D eigenvalue weighted by molar-refractivity contribution is 0.312. The molecule has 0 radical (unpaired) electrons. The minimum Gasteiger partial charge on any atom is -0.353 e. The molecule has 3 heterocycles. The first-order chi connectivity index (χ1) is 11.7. The fraction of sp³-hybridized carbons (Fsp3) is 0.368. The van der Waals surface area contributed by atoms with Gasteiger partial charge in [-0.15, -0.1) is 11.3 Å². The van der Waals surface area contributed by atoms with Crippen LogP contribution in [0.4, 0.5) is 5.82 Å². The molecule has 1 aliphatic rings. The molecule has 0 N–H and O–H groups in total. The summed E-state index contributed by atoms with van der Waals surface area (Å²) in [5.41, 5.74) is 1.08. The van der Waals surface area contributed by atoms with Gasteiger partial charge in [-0.3, -0.25) is 0 Å². The smallest absolute Gasteiger partial charge is 0.163 e. The summed E-state index contributed by atoms with van der Waals surface area (Å²) in [5, 5.41) is 1.21. The van der Waals surface area contributed by atoms with Gasteiger partial charge in [0.15, 0.2) is 5.82 Å². The van der Waals surface area contributed by atoms with E-state index in [-0.39, 0.29) is 0 Å². The molecule has 4 nitrogen and oxygen atoms in total. The number of benzene rings is 1. The van der Waals surface area contributed by atoms with Crippen molar-refractivity contribution in [1.82, 2.24) is 14.9 Å². The van der Waals surface area contributed by atoms with Crippen LogP contribution in [-0.2, 0) is 6.42 Å². The minimum atomic E-state index is 0.835. The molecule has 24 heavy (non-hydrogen) atoms. The van der Waals surface area contributed by atoms with E-state index in [9.17, 15) is 0 Å². The minimum absolute atomic E-state index is 0.835. The Bertz CT molecular complexity index is 835. The number of nitrogens with zero attached hydrogens (tertiary/aromatic N) is 4. The molecule has 1 aliphatic heterocycles. The number of thiophene rings is 1. The second-order valence-electron chi connectivity index (χ2n) is 6.31. The molecule has 1 aromatic carbocycles. The third-order valence-electron chi connectivity index (χ3n) is 4.61. The van der Waals surface area contributed by atoms with Gasteiger partial charge < -0.3 is 9.80 Å². The van der Waals surface area contributed by atoms with Crippen molar-refractivity contribution < 1.29 is 0 Å². The molecule has 3 aromatic rings. The standard InChI is InChI=1S/C19H22N4S/c1-3-15-13-16-18(23-11-9-22(2)10-12-23)20-17(21-19(16)24-15)14-7-5-4-6-8-14/h4-8,13H,3,9-12H2,1-2H3. The largest absolute Gasteiger partial charge is 0.353 e. The molecule has 0 atom stereocenters. The Hall–Kier alpha value is -1.98. The first-order valence-electron chi connectivity index (χ1n) is 8.54. The number of rotatable bonds is 3. The predicted octanol–water partition coefficient (Wildman–Crippen LogP) is 3.67. The van der Waals surface area contributed by atoms with E-state index in [1.54, 1.807) is 11.3 Å². The van der Waals surface area contributed by atoms with Crippen molar-refractivity contribution in [2.45, 2.75) is 13.3 Å². The van der Waals surface area contributed by atoms with E-state index in [4.69, 9.17) is 9.97 Å². The van der Waals surface area contributed by atoms with Gasteiger partial charge in [-0.05, 0) is 19.5 Å². The van der Waals surface area contributed by atoms with Crippen molar-refractivity contribution in [2.75, 3.05) is 38.1 Å². The average molecular weight is 338 g/mol. The van der Waals surface area contributed by atoms with Gasteiger partial charge in [-0.2, -0.15) is 0 Å². The van der Waals surface area contributed by atoms with E-state index in [0.29, 0.717) is 0 Å². The monoisotopic (exact) mass is 338 g/mol. The van der Waals surface area contributed by atoms with Gasteiger partial charge in [0.2, 0.25) is 0 Å². The first-order valence-corrected chi connectivity index (χ1v) is 9.35. The van der Waals surface area contributed by atoms with Gasteiger partial charge in [0.25, 0.3) is 0 Å². The summed E-state index contributed by atoms with van der Waals surface area (Å²) in [4.78, 5) is 17.1. The zero-order valence-electron chi connectivity index (χ0n) is 14.2. The summed E-state index contributed by atoms with van der Waals surface area (Å²) >= 11 is 1.80. The Labute approximate surface area is 146 Å². The van der Waals surface area contributed by atoms with Crippen molar-refractivity contribution in [2.24, 2.45) is 0 Å². The maximum absolute atomic E-state index is 4.97. The van der Waals surface area contributed by atoms with Crippen molar-refractivity contribution in [3.63, 3.8) is 0 Å². The second kappa shape index (κ2) is 6.49. The Morgan fingerprint density at radius 2 is 1.79 bits per heavy atom. The molecule has 124 valence electrons. The normalized spacial score (nSPS) is 16.0. The van der Waals surface area contributed by atoms with E-state index < -0.39 is 0 Å². The van der Waals surface area contributed by atoms with Gasteiger partial charge in [0.05, 0.1) is 5.39 Å². The summed E-state index contributed by atoms with van der Waals surface area (Å²) in [5.74, 6) is 1.93. The SMILES string of the molecule is CCc1cc2c(N3CCN(C)CC3)nc(-c3ccccc3)nc2s1. The van der Waals surface area contributed by atoms with Crippen LogP contribution in [0.3, 0.4) is 0 Å². The number of hydrogen-bond donors (Lipinski definition) is 0. The van der Waals surface area contributed by atoms with E-state index in [1.807, 2.05) is 18.2 Å². The van der Waals surface area contributed by atoms with Crippen LogP contribution in [0.25, 0.3) is 21.6 Å². The fourth-order valence-electron chi connectivity index (χ4n) is 3.11. The van der Waals surface area contributed by atoms with Crippen LogP contribution >= 0.6 is 11.3 Å². The van der Waals surface area contributed by atoms with Gasteiger partial charge in [-0.1, -0.05) is 37.3 Å². The van der Waals surface area contributed by atoms with Gasteiger partial charge >= 0.3 is 0 Å². The third kappa shape index (κ3) is 2.89. The van der Waals surface area contributed by atoms with Gasteiger partial charge in [0, 0.05) is 36.6 Å². The molecule has 2 aromatic heterocycles. The molecule has 0 amide bonds. The van der Waals surface area contributed by atoms with Crippen LogP contribution in [0.1, 0.15) is 11.8 Å². The highest BCUT2D eigenvalue weighted by molar-refractivity contribution is 7.18. The van der Waals surface area contributed by atoms with Crippen molar-refractivity contribution in [3.8, 4) is 11.4 Å². The van der Waals surface area contributed by atoms with Crippen LogP contribution in [0.5, 0.6) is 0 Å². The molecule has 1 saturated heterocycles. The van der Waals surface area contributed by atoms with Crippen LogP contribution in [0, 0.1) is 0 Å². The molecule has 0 bridgehead atoms. The molecule has 0 saturated carbocycles. The van der Waals surface area contributed by atoms with Crippen LogP contribution in [0.15, 0.2) is 36.4 Å². The lowest BCUT2D eigenvalue weighted by Crippen LogP contribution is -2.44. The van der Waals surface area contributed by atoms with E-state index in [2.05, 4.69) is 42.0 Å². The van der Waals surface area contributed by atoms with E-state index in [1.165, 1.54) is 10.3 Å². The summed E-state index contributed by atoms with van der Waals surface area (Å²) in [6.07, 6.45) is 1.05. The molecule has 0 spiro atoms. The summed E-state index contributed by atoms with van der Waals surface area (Å²) in [6, 6.07) is 12.6. The highest BCUT2D eigenvalue weighted by atomic mass is 32.1. The highest BCUT2D eigenvalue weighted by Crippen LogP contribution is 2.33. The molecule has 0 unspecified atom stereocenters. The van der Waals surface area contributed by atoms with Crippen LogP contribution < -0.4 is 4.90 Å². The molecular weight excluding hydrogens is 316 g/mol. The van der Waals surface area contributed by atoms with E-state index in [0.717, 1.165) is 54.6 Å². The maximum atomic E-state index is 4.97. The average Bonchev–Trinajstić information content (AvgIpc) is 3.05. The van der Waals surface area contributed by atoms with Crippen molar-refractivity contribution in [3.05, 3.63) is 41.3 Å². The lowest BCUT2D eigenvalue weighted by atomic mass is 10.2. The van der Waals surface area contributed by atoms with Crippen LogP contribution in [0.2, 0.25) is 0 Å². The van der Waals surface area contributed by atoms with E-state index >= 15 is 0 Å². The zero-order valence-corrected chi connectivity index (χ0v) is 15.0. The van der Waals surface area contributed by atoms with Crippen molar-refractivity contribution in [1.29, 1.82) is 0 Å². The van der Waals surface area contributed by atoms with Gasteiger partial charge in [-0.25, -0.2) is 9.97 Å². The van der Waals surface area contributed by atoms with Gasteiger partial charge in [0.1, 0.15) is 10.6 Å². The number of hydrogen-bond acceptors (Lipinski definition) is 5. The fourth-order valence-corrected chi connectivity index (χ4v) is 4.07. The Morgan fingerprint density at radius 3 is 2.50 bits per heavy atom. The lowest BCUT2D eigenvalue weighted by Gasteiger charge is -2.33. The molecule has 0 aliphatic carbocycles. The second-order valence-corrected chi connectivity index (χ2v) is 7.43. The number of fused-ring (bicyclic) bond motifs is 1. The maximum Gasteiger partial charge on any atom is 0.163 e. The Morgan fingerprint density at radius 1 is 1.04 bits per heavy atom. The highest BCUT2D eigenvalue weighted by Gasteiger charge is 2.20. The number of aryl methyl sites for hydroxylation is 1. The zero-order chi connectivity index (χ0) is 16.5. The molecular formula is C19H22N4S. The number of piperazine rings is 1.